The first-order chi connectivity index (χ1) is 9.13. The average Bonchev–Trinajstić information content (AvgIpc) is 2.94. The van der Waals surface area contributed by atoms with Gasteiger partial charge in [0.25, 0.3) is 5.56 Å². The molecule has 0 unspecified atom stereocenters. The van der Waals surface area contributed by atoms with Crippen molar-refractivity contribution in [2.75, 3.05) is 6.61 Å². The van der Waals surface area contributed by atoms with Crippen LogP contribution in [0.2, 0.25) is 0 Å². The van der Waals surface area contributed by atoms with Crippen molar-refractivity contribution in [1.82, 2.24) is 19.5 Å². The molecule has 2 aromatic heterocycles. The zero-order valence-electron chi connectivity index (χ0n) is 9.97. The fourth-order valence-electron chi connectivity index (χ4n) is 2.66. The van der Waals surface area contributed by atoms with Crippen molar-refractivity contribution in [2.45, 2.75) is 24.7 Å². The molecule has 19 heavy (non-hydrogen) atoms. The topological polar surface area (TPSA) is 124 Å². The molecule has 0 aromatic carbocycles. The van der Waals surface area contributed by atoms with Gasteiger partial charge in [0.2, 0.25) is 0 Å². The van der Waals surface area contributed by atoms with Gasteiger partial charge in [-0.05, 0) is 6.42 Å². The molecule has 102 valence electrons. The number of imidazole rings is 1. The Morgan fingerprint density at radius 2 is 2.16 bits per heavy atom. The molecule has 4 N–H and O–H groups in total. The number of aromatic nitrogens is 4. The van der Waals surface area contributed by atoms with Gasteiger partial charge in [-0.3, -0.25) is 4.79 Å². The summed E-state index contributed by atoms with van der Waals surface area (Å²) in [7, 11) is 0. The lowest BCUT2D eigenvalue weighted by Crippen LogP contribution is -2.30. The molecule has 0 aliphatic heterocycles. The molecule has 8 heteroatoms. The highest BCUT2D eigenvalue weighted by Gasteiger charge is 2.42. The quantitative estimate of drug-likeness (QED) is 0.518. The second kappa shape index (κ2) is 4.41. The summed E-state index contributed by atoms with van der Waals surface area (Å²) in [4.78, 5) is 22.0. The molecule has 3 rings (SSSR count). The second-order valence-corrected chi connectivity index (χ2v) is 4.78. The van der Waals surface area contributed by atoms with Gasteiger partial charge in [-0.25, -0.2) is 9.97 Å². The van der Waals surface area contributed by atoms with Crippen molar-refractivity contribution in [1.29, 1.82) is 0 Å². The Kier molecular flexibility index (Phi) is 2.85. The summed E-state index contributed by atoms with van der Waals surface area (Å²) in [5, 5.41) is 29.0. The highest BCUT2D eigenvalue weighted by molar-refractivity contribution is 5.69. The van der Waals surface area contributed by atoms with E-state index in [1.807, 2.05) is 0 Å². The summed E-state index contributed by atoms with van der Waals surface area (Å²) in [6.45, 7) is -0.199. The summed E-state index contributed by atoms with van der Waals surface area (Å²) in [5.41, 5.74) is 0.200. The smallest absolute Gasteiger partial charge is 0.278 e. The maximum absolute atomic E-state index is 11.6. The molecular formula is C11H14N4O4. The van der Waals surface area contributed by atoms with E-state index >= 15 is 0 Å². The van der Waals surface area contributed by atoms with Gasteiger partial charge in [-0.2, -0.15) is 0 Å². The Balaban J connectivity index is 2.06. The number of H-pyrrole nitrogens is 1. The van der Waals surface area contributed by atoms with Crippen LogP contribution in [0.1, 0.15) is 12.5 Å². The third kappa shape index (κ3) is 1.76. The van der Waals surface area contributed by atoms with E-state index in [0.29, 0.717) is 12.1 Å². The zero-order valence-corrected chi connectivity index (χ0v) is 9.97. The molecule has 1 fully saturated rings. The predicted molar refractivity (Wildman–Crippen MR) is 64.4 cm³/mol. The molecule has 0 bridgehead atoms. The lowest BCUT2D eigenvalue weighted by molar-refractivity contribution is -0.00370. The first kappa shape index (κ1) is 12.3. The van der Waals surface area contributed by atoms with Crippen LogP contribution in [0, 0.1) is 5.92 Å². The maximum atomic E-state index is 11.6. The monoisotopic (exact) mass is 266 g/mol. The molecule has 0 amide bonds. The van der Waals surface area contributed by atoms with Gasteiger partial charge < -0.3 is 24.9 Å². The number of aliphatic hydroxyl groups is 3. The normalized spacial score (nSPS) is 31.1. The number of nitrogens with one attached hydrogen (secondary N) is 1. The van der Waals surface area contributed by atoms with E-state index in [9.17, 15) is 15.0 Å². The van der Waals surface area contributed by atoms with Gasteiger partial charge >= 0.3 is 0 Å². The Morgan fingerprint density at radius 1 is 1.37 bits per heavy atom. The second-order valence-electron chi connectivity index (χ2n) is 4.78. The summed E-state index contributed by atoms with van der Waals surface area (Å²) in [6, 6.07) is -0.452. The van der Waals surface area contributed by atoms with E-state index in [1.54, 1.807) is 4.57 Å². The molecular weight excluding hydrogens is 252 g/mol. The van der Waals surface area contributed by atoms with Crippen molar-refractivity contribution < 1.29 is 15.3 Å². The SMILES string of the molecule is O=c1[nH]cnc2c1ncn2[C@H]1C[C@@H](CO)[C@H](O)[C@H]1O. The van der Waals surface area contributed by atoms with Crippen LogP contribution >= 0.6 is 0 Å². The van der Waals surface area contributed by atoms with Crippen LogP contribution in [-0.2, 0) is 0 Å². The fourth-order valence-corrected chi connectivity index (χ4v) is 2.66. The van der Waals surface area contributed by atoms with E-state index in [-0.39, 0.29) is 23.6 Å². The highest BCUT2D eigenvalue weighted by atomic mass is 16.3. The van der Waals surface area contributed by atoms with Gasteiger partial charge in [0.1, 0.15) is 6.10 Å². The number of aliphatic hydroxyl groups excluding tert-OH is 3. The first-order valence-corrected chi connectivity index (χ1v) is 6.00. The van der Waals surface area contributed by atoms with Crippen LogP contribution < -0.4 is 5.56 Å². The number of hydrogen-bond acceptors (Lipinski definition) is 6. The molecule has 8 nitrogen and oxygen atoms in total. The van der Waals surface area contributed by atoms with Crippen LogP contribution in [0.15, 0.2) is 17.4 Å². The molecule has 1 aliphatic carbocycles. The predicted octanol–water partition coefficient (Wildman–Crippen LogP) is -1.61. The zero-order chi connectivity index (χ0) is 13.6. The summed E-state index contributed by atoms with van der Waals surface area (Å²) < 4.78 is 1.58. The van der Waals surface area contributed by atoms with Gasteiger partial charge in [0.15, 0.2) is 11.2 Å². The average molecular weight is 266 g/mol. The highest BCUT2D eigenvalue weighted by Crippen LogP contribution is 2.36. The molecule has 0 radical (unpaired) electrons. The standard InChI is InChI=1S/C11H14N4O4/c16-2-5-1-6(9(18)8(5)17)15-4-14-7-10(15)12-3-13-11(7)19/h3-6,8-9,16-18H,1-2H2,(H,12,13,19)/t5-,6-,8-,9-/m0/s1. The number of fused-ring (bicyclic) bond motifs is 1. The molecule has 2 heterocycles. The van der Waals surface area contributed by atoms with Crippen molar-refractivity contribution in [3.63, 3.8) is 0 Å². The maximum Gasteiger partial charge on any atom is 0.278 e. The lowest BCUT2D eigenvalue weighted by atomic mass is 10.1. The summed E-state index contributed by atoms with van der Waals surface area (Å²) in [5.74, 6) is -0.389. The fraction of sp³-hybridized carbons (Fsp3) is 0.545. The van der Waals surface area contributed by atoms with Crippen molar-refractivity contribution in [2.24, 2.45) is 5.92 Å². The van der Waals surface area contributed by atoms with Crippen LogP contribution in [0.4, 0.5) is 0 Å². The Bertz CT molecular complexity index is 651. The van der Waals surface area contributed by atoms with E-state index in [0.717, 1.165) is 0 Å². The minimum atomic E-state index is -1.02. The first-order valence-electron chi connectivity index (χ1n) is 6.00. The third-order valence-electron chi connectivity index (χ3n) is 3.73. The number of aromatic amines is 1. The van der Waals surface area contributed by atoms with E-state index in [2.05, 4.69) is 15.0 Å². The van der Waals surface area contributed by atoms with Gasteiger partial charge in [-0.1, -0.05) is 0 Å². The molecule has 0 saturated heterocycles. The van der Waals surface area contributed by atoms with Crippen LogP contribution in [0.3, 0.4) is 0 Å². The Labute approximate surface area is 107 Å². The van der Waals surface area contributed by atoms with Gasteiger partial charge in [0.05, 0.1) is 24.8 Å². The van der Waals surface area contributed by atoms with Crippen LogP contribution in [0.25, 0.3) is 11.2 Å². The number of nitrogens with zero attached hydrogens (tertiary/aromatic N) is 3. The Hall–Kier alpha value is -1.77. The summed E-state index contributed by atoms with van der Waals surface area (Å²) >= 11 is 0. The van der Waals surface area contributed by atoms with E-state index in [1.165, 1.54) is 12.7 Å². The van der Waals surface area contributed by atoms with Gasteiger partial charge in [0, 0.05) is 12.5 Å². The number of hydrogen-bond donors (Lipinski definition) is 4. The Morgan fingerprint density at radius 3 is 2.84 bits per heavy atom. The lowest BCUT2D eigenvalue weighted by Gasteiger charge is -2.17. The van der Waals surface area contributed by atoms with Crippen molar-refractivity contribution in [3.8, 4) is 0 Å². The van der Waals surface area contributed by atoms with Crippen molar-refractivity contribution in [3.05, 3.63) is 23.0 Å². The summed E-state index contributed by atoms with van der Waals surface area (Å²) in [6.07, 6.45) is 1.08. The largest absolute Gasteiger partial charge is 0.396 e. The molecule has 1 saturated carbocycles. The van der Waals surface area contributed by atoms with Crippen LogP contribution in [0.5, 0.6) is 0 Å². The van der Waals surface area contributed by atoms with E-state index < -0.39 is 18.2 Å². The molecule has 2 aromatic rings. The van der Waals surface area contributed by atoms with Gasteiger partial charge in [-0.15, -0.1) is 0 Å². The molecule has 0 spiro atoms. The molecule has 4 atom stereocenters. The van der Waals surface area contributed by atoms with Crippen LogP contribution in [-0.4, -0.2) is 53.7 Å². The molecule has 1 aliphatic rings. The van der Waals surface area contributed by atoms with E-state index in [4.69, 9.17) is 5.11 Å². The minimum Gasteiger partial charge on any atom is -0.396 e. The van der Waals surface area contributed by atoms with Crippen molar-refractivity contribution >= 4 is 11.2 Å². The minimum absolute atomic E-state index is 0.191. The third-order valence-corrected chi connectivity index (χ3v) is 3.73. The number of rotatable bonds is 2.